The highest BCUT2D eigenvalue weighted by molar-refractivity contribution is 7.99. The molecule has 0 aromatic heterocycles. The van der Waals surface area contributed by atoms with Crippen LogP contribution in [0.15, 0.2) is 30.3 Å². The lowest BCUT2D eigenvalue weighted by Gasteiger charge is -2.40. The minimum atomic E-state index is -4.91. The molecule has 2 amide bonds. The van der Waals surface area contributed by atoms with Crippen molar-refractivity contribution in [2.45, 2.75) is 96.1 Å². The normalized spacial score (nSPS) is 18.9. The van der Waals surface area contributed by atoms with E-state index in [0.29, 0.717) is 38.0 Å². The van der Waals surface area contributed by atoms with Crippen molar-refractivity contribution in [3.63, 3.8) is 0 Å². The van der Waals surface area contributed by atoms with Crippen LogP contribution in [0.1, 0.15) is 71.3 Å². The van der Waals surface area contributed by atoms with Gasteiger partial charge in [-0.15, -0.1) is 0 Å². The van der Waals surface area contributed by atoms with Crippen LogP contribution in [0.5, 0.6) is 0 Å². The zero-order valence-corrected chi connectivity index (χ0v) is 24.3. The zero-order chi connectivity index (χ0) is 28.5. The number of thioether (sulfide) groups is 1. The standard InChI is InChI=1S/C29H44F3N3O3S/c1-28(2,3)38-27(37)33-24(21-39-20-23-12-8-5-9-13-23)19-34-16-14-25(15-17-34)35(26(36)29(30,31)32)18-22-10-6-4-7-11-22/h4,6-7,10-11,23-25H,5,8-9,12-21H2,1-3H3,(H,33,37)/t24-/m1/s1. The van der Waals surface area contributed by atoms with E-state index in [-0.39, 0.29) is 12.6 Å². The summed E-state index contributed by atoms with van der Waals surface area (Å²) < 4.78 is 45.8. The van der Waals surface area contributed by atoms with Gasteiger partial charge in [0.1, 0.15) is 5.60 Å². The number of hydrogen-bond acceptors (Lipinski definition) is 5. The Hall–Kier alpha value is -1.94. The number of nitrogens with zero attached hydrogens (tertiary/aromatic N) is 2. The Labute approximate surface area is 235 Å². The van der Waals surface area contributed by atoms with Crippen LogP contribution in [0.25, 0.3) is 0 Å². The molecular formula is C29H44F3N3O3S. The molecule has 0 bridgehead atoms. The largest absolute Gasteiger partial charge is 0.471 e. The van der Waals surface area contributed by atoms with Crippen LogP contribution in [0, 0.1) is 5.92 Å². The van der Waals surface area contributed by atoms with Crippen molar-refractivity contribution in [1.29, 1.82) is 0 Å². The van der Waals surface area contributed by atoms with Crippen molar-refractivity contribution < 1.29 is 27.5 Å². The van der Waals surface area contributed by atoms with Gasteiger partial charge in [-0.2, -0.15) is 24.9 Å². The fourth-order valence-corrected chi connectivity index (χ4v) is 6.66. The third kappa shape index (κ3) is 11.2. The molecule has 1 saturated heterocycles. The zero-order valence-electron chi connectivity index (χ0n) is 23.5. The van der Waals surface area contributed by atoms with E-state index < -0.39 is 29.8 Å². The molecule has 1 aromatic carbocycles. The molecule has 1 aliphatic heterocycles. The number of amides is 2. The van der Waals surface area contributed by atoms with Crippen LogP contribution < -0.4 is 5.32 Å². The Bertz CT molecular complexity index is 897. The number of likely N-dealkylation sites (tertiary alicyclic amines) is 1. The Balaban J connectivity index is 1.58. The third-order valence-electron chi connectivity index (χ3n) is 7.29. The SMILES string of the molecule is CC(C)(C)OC(=O)N[C@@H](CSCC1CCCCC1)CN1CCC(N(Cc2ccccc2)C(=O)C(F)(F)F)CC1. The average Bonchev–Trinajstić information content (AvgIpc) is 2.87. The van der Waals surface area contributed by atoms with E-state index in [4.69, 9.17) is 4.74 Å². The maximum Gasteiger partial charge on any atom is 0.471 e. The second-order valence-electron chi connectivity index (χ2n) is 11.8. The second kappa shape index (κ2) is 14.6. The Kier molecular flexibility index (Phi) is 11.8. The first-order valence-corrected chi connectivity index (χ1v) is 15.3. The fraction of sp³-hybridized carbons (Fsp3) is 0.724. The molecule has 1 heterocycles. The number of carbonyl (C=O) groups is 2. The summed E-state index contributed by atoms with van der Waals surface area (Å²) in [6, 6.07) is 8.17. The van der Waals surface area contributed by atoms with Crippen LogP contribution in [0.2, 0.25) is 0 Å². The number of halogens is 3. The van der Waals surface area contributed by atoms with Crippen molar-refractivity contribution >= 4 is 23.8 Å². The number of nitrogens with one attached hydrogen (secondary N) is 1. The number of piperidine rings is 1. The Morgan fingerprint density at radius 1 is 1.05 bits per heavy atom. The lowest BCUT2D eigenvalue weighted by atomic mass is 9.91. The van der Waals surface area contributed by atoms with Crippen molar-refractivity contribution in [2.75, 3.05) is 31.1 Å². The van der Waals surface area contributed by atoms with Crippen LogP contribution in [-0.2, 0) is 16.1 Å². The summed E-state index contributed by atoms with van der Waals surface area (Å²) in [6.45, 7) is 7.12. The Morgan fingerprint density at radius 3 is 2.28 bits per heavy atom. The number of alkyl carbamates (subject to hydrolysis) is 1. The summed E-state index contributed by atoms with van der Waals surface area (Å²) in [5.41, 5.74) is 0.0734. The second-order valence-corrected chi connectivity index (χ2v) is 12.9. The first kappa shape index (κ1) is 31.6. The van der Waals surface area contributed by atoms with Gasteiger partial charge in [0.2, 0.25) is 0 Å². The van der Waals surface area contributed by atoms with Gasteiger partial charge in [-0.25, -0.2) is 4.79 Å². The smallest absolute Gasteiger partial charge is 0.444 e. The molecule has 0 unspecified atom stereocenters. The van der Waals surface area contributed by atoms with E-state index in [9.17, 15) is 22.8 Å². The van der Waals surface area contributed by atoms with E-state index in [1.807, 2.05) is 32.5 Å². The molecule has 10 heteroatoms. The first-order valence-electron chi connectivity index (χ1n) is 14.1. The first-order chi connectivity index (χ1) is 18.4. The molecule has 1 atom stereocenters. The summed E-state index contributed by atoms with van der Waals surface area (Å²) in [6.07, 6.45) is 1.95. The third-order valence-corrected chi connectivity index (χ3v) is 8.64. The number of rotatable bonds is 10. The molecule has 39 heavy (non-hydrogen) atoms. The van der Waals surface area contributed by atoms with Crippen molar-refractivity contribution in [3.8, 4) is 0 Å². The van der Waals surface area contributed by atoms with Gasteiger partial charge in [0, 0.05) is 38.0 Å². The van der Waals surface area contributed by atoms with E-state index in [1.165, 1.54) is 32.1 Å². The quantitative estimate of drug-likeness (QED) is 0.360. The van der Waals surface area contributed by atoms with Crippen molar-refractivity contribution in [2.24, 2.45) is 5.92 Å². The fourth-order valence-electron chi connectivity index (χ4n) is 5.38. The highest BCUT2D eigenvalue weighted by atomic mass is 32.2. The highest BCUT2D eigenvalue weighted by Gasteiger charge is 2.45. The van der Waals surface area contributed by atoms with Gasteiger partial charge in [-0.1, -0.05) is 49.6 Å². The minimum Gasteiger partial charge on any atom is -0.444 e. The molecule has 1 N–H and O–H groups in total. The van der Waals surface area contributed by atoms with E-state index in [0.717, 1.165) is 22.3 Å². The topological polar surface area (TPSA) is 61.9 Å². The maximum absolute atomic E-state index is 13.4. The van der Waals surface area contributed by atoms with Gasteiger partial charge in [-0.05, 0) is 63.7 Å². The molecular weight excluding hydrogens is 527 g/mol. The summed E-state index contributed by atoms with van der Waals surface area (Å²) in [4.78, 5) is 28.1. The van der Waals surface area contributed by atoms with Crippen LogP contribution >= 0.6 is 11.8 Å². The minimum absolute atomic E-state index is 0.0650. The summed E-state index contributed by atoms with van der Waals surface area (Å²) >= 11 is 1.85. The van der Waals surface area contributed by atoms with Crippen LogP contribution in [0.4, 0.5) is 18.0 Å². The van der Waals surface area contributed by atoms with Crippen LogP contribution in [-0.4, -0.2) is 76.8 Å². The molecule has 6 nitrogen and oxygen atoms in total. The summed E-state index contributed by atoms with van der Waals surface area (Å²) in [5, 5.41) is 3.03. The average molecular weight is 572 g/mol. The molecule has 1 saturated carbocycles. The monoisotopic (exact) mass is 571 g/mol. The molecule has 1 aliphatic carbocycles. The highest BCUT2D eigenvalue weighted by Crippen LogP contribution is 2.28. The Morgan fingerprint density at radius 2 is 1.69 bits per heavy atom. The molecule has 220 valence electrons. The summed E-state index contributed by atoms with van der Waals surface area (Å²) in [7, 11) is 0. The van der Waals surface area contributed by atoms with Gasteiger partial charge in [0.05, 0.1) is 6.04 Å². The van der Waals surface area contributed by atoms with Crippen molar-refractivity contribution in [3.05, 3.63) is 35.9 Å². The summed E-state index contributed by atoms with van der Waals surface area (Å²) in [5.74, 6) is 0.766. The predicted molar refractivity (Wildman–Crippen MR) is 150 cm³/mol. The number of ether oxygens (including phenoxy) is 1. The van der Waals surface area contributed by atoms with Gasteiger partial charge in [-0.3, -0.25) is 4.79 Å². The maximum atomic E-state index is 13.4. The van der Waals surface area contributed by atoms with Gasteiger partial charge >= 0.3 is 18.2 Å². The molecule has 2 aliphatic rings. The van der Waals surface area contributed by atoms with E-state index >= 15 is 0 Å². The molecule has 2 fully saturated rings. The van der Waals surface area contributed by atoms with Gasteiger partial charge < -0.3 is 19.9 Å². The van der Waals surface area contributed by atoms with E-state index in [2.05, 4.69) is 10.2 Å². The molecule has 3 rings (SSSR count). The van der Waals surface area contributed by atoms with Gasteiger partial charge in [0.15, 0.2) is 0 Å². The lowest BCUT2D eigenvalue weighted by Crippen LogP contribution is -2.53. The van der Waals surface area contributed by atoms with Gasteiger partial charge in [0.25, 0.3) is 0 Å². The van der Waals surface area contributed by atoms with E-state index in [1.54, 1.807) is 30.3 Å². The number of hydrogen-bond donors (Lipinski definition) is 1. The number of benzene rings is 1. The molecule has 0 spiro atoms. The lowest BCUT2D eigenvalue weighted by molar-refractivity contribution is -0.189. The number of alkyl halides is 3. The van der Waals surface area contributed by atoms with Crippen molar-refractivity contribution in [1.82, 2.24) is 15.1 Å². The van der Waals surface area contributed by atoms with Crippen LogP contribution in [0.3, 0.4) is 0 Å². The predicted octanol–water partition coefficient (Wildman–Crippen LogP) is 6.25. The molecule has 1 aromatic rings. The molecule has 0 radical (unpaired) electrons. The number of carbonyl (C=O) groups excluding carboxylic acids is 2.